The molecule has 0 aliphatic rings. The molecule has 0 atom stereocenters. The maximum Gasteiger partial charge on any atom is 0.338 e. The van der Waals surface area contributed by atoms with E-state index in [2.05, 4.69) is 24.5 Å². The first-order chi connectivity index (χ1) is 19.1. The number of carbonyl (C=O) groups excluding carboxylic acids is 2. The first kappa shape index (κ1) is 32.1. The Bertz CT molecular complexity index is 844. The number of unbranched alkanes of at least 4 members (excludes halogenated alkanes) is 2. The van der Waals surface area contributed by atoms with Crippen molar-refractivity contribution in [3.05, 3.63) is 59.7 Å². The summed E-state index contributed by atoms with van der Waals surface area (Å²) < 4.78 is 26.8. The van der Waals surface area contributed by atoms with Crippen molar-refractivity contribution < 1.29 is 33.3 Å². The summed E-state index contributed by atoms with van der Waals surface area (Å²) in [7, 11) is 0. The lowest BCUT2D eigenvalue weighted by Gasteiger charge is -2.09. The molecule has 0 fully saturated rings. The number of esters is 2. The van der Waals surface area contributed by atoms with Crippen molar-refractivity contribution in [2.24, 2.45) is 0 Å². The monoisotopic (exact) mass is 544 g/mol. The molecule has 0 aliphatic carbocycles. The third-order valence-electron chi connectivity index (χ3n) is 5.63. The maximum absolute atomic E-state index is 12.1. The Kier molecular flexibility index (Phi) is 17.1. The molecule has 39 heavy (non-hydrogen) atoms. The second-order valence-electron chi connectivity index (χ2n) is 8.82. The Morgan fingerprint density at radius 2 is 0.872 bits per heavy atom. The SMILES string of the molecule is CCCCNc1ccc(C(=O)OCCOCCOCCOCCOC(=O)c2ccc(NCCCC)cc2)cc1. The van der Waals surface area contributed by atoms with E-state index in [-0.39, 0.29) is 25.2 Å². The third-order valence-corrected chi connectivity index (χ3v) is 5.63. The summed E-state index contributed by atoms with van der Waals surface area (Å²) in [5.41, 5.74) is 3.01. The van der Waals surface area contributed by atoms with Crippen LogP contribution in [0.25, 0.3) is 0 Å². The zero-order chi connectivity index (χ0) is 28.0. The quantitative estimate of drug-likeness (QED) is 0.153. The van der Waals surface area contributed by atoms with Gasteiger partial charge in [-0.05, 0) is 61.4 Å². The predicted molar refractivity (Wildman–Crippen MR) is 153 cm³/mol. The minimum Gasteiger partial charge on any atom is -0.460 e. The van der Waals surface area contributed by atoms with Crippen molar-refractivity contribution in [1.82, 2.24) is 0 Å². The number of hydrogen-bond donors (Lipinski definition) is 2. The number of benzene rings is 2. The number of nitrogens with one attached hydrogen (secondary N) is 2. The Morgan fingerprint density at radius 1 is 0.538 bits per heavy atom. The van der Waals surface area contributed by atoms with E-state index >= 15 is 0 Å². The van der Waals surface area contributed by atoms with Gasteiger partial charge in [-0.25, -0.2) is 9.59 Å². The molecule has 2 rings (SSSR count). The van der Waals surface area contributed by atoms with Crippen LogP contribution in [-0.2, 0) is 23.7 Å². The minimum absolute atomic E-state index is 0.178. The van der Waals surface area contributed by atoms with Crippen LogP contribution in [0.5, 0.6) is 0 Å². The van der Waals surface area contributed by atoms with Crippen molar-refractivity contribution in [2.45, 2.75) is 39.5 Å². The van der Waals surface area contributed by atoms with Crippen molar-refractivity contribution >= 4 is 23.3 Å². The van der Waals surface area contributed by atoms with Gasteiger partial charge < -0.3 is 34.3 Å². The van der Waals surface area contributed by atoms with E-state index in [0.29, 0.717) is 50.8 Å². The molecule has 9 nitrogen and oxygen atoms in total. The molecule has 0 amide bonds. The molecule has 0 aromatic heterocycles. The van der Waals surface area contributed by atoms with E-state index in [1.54, 1.807) is 24.3 Å². The van der Waals surface area contributed by atoms with E-state index < -0.39 is 0 Å². The highest BCUT2D eigenvalue weighted by atomic mass is 16.6. The summed E-state index contributed by atoms with van der Waals surface area (Å²) in [4.78, 5) is 24.2. The number of anilines is 2. The Hall–Kier alpha value is -3.14. The molecule has 9 heteroatoms. The molecular weight excluding hydrogens is 500 g/mol. The van der Waals surface area contributed by atoms with Crippen LogP contribution in [0.15, 0.2) is 48.5 Å². The van der Waals surface area contributed by atoms with Gasteiger partial charge in [-0.3, -0.25) is 0 Å². The molecule has 2 aromatic rings. The second kappa shape index (κ2) is 20.8. The summed E-state index contributed by atoms with van der Waals surface area (Å²) >= 11 is 0. The zero-order valence-corrected chi connectivity index (χ0v) is 23.4. The molecule has 216 valence electrons. The third kappa shape index (κ3) is 14.6. The van der Waals surface area contributed by atoms with Gasteiger partial charge in [-0.2, -0.15) is 0 Å². The maximum atomic E-state index is 12.1. The molecule has 2 N–H and O–H groups in total. The van der Waals surface area contributed by atoms with Gasteiger partial charge in [-0.15, -0.1) is 0 Å². The van der Waals surface area contributed by atoms with Crippen LogP contribution in [0.2, 0.25) is 0 Å². The molecule has 0 saturated carbocycles. The normalized spacial score (nSPS) is 10.7. The molecular formula is C30H44N2O7. The van der Waals surface area contributed by atoms with Gasteiger partial charge in [0, 0.05) is 24.5 Å². The lowest BCUT2D eigenvalue weighted by atomic mass is 10.2. The van der Waals surface area contributed by atoms with Crippen LogP contribution in [-0.4, -0.2) is 77.9 Å². The van der Waals surface area contributed by atoms with Gasteiger partial charge in [0.25, 0.3) is 0 Å². The number of rotatable bonds is 22. The molecule has 0 spiro atoms. The molecule has 0 saturated heterocycles. The summed E-state index contributed by atoms with van der Waals surface area (Å²) in [6, 6.07) is 14.5. The van der Waals surface area contributed by atoms with Crippen LogP contribution >= 0.6 is 0 Å². The number of carbonyl (C=O) groups is 2. The van der Waals surface area contributed by atoms with Crippen LogP contribution in [0, 0.1) is 0 Å². The van der Waals surface area contributed by atoms with E-state index in [1.165, 1.54) is 0 Å². The molecule has 0 unspecified atom stereocenters. The molecule has 0 aliphatic heterocycles. The first-order valence-corrected chi connectivity index (χ1v) is 13.9. The predicted octanol–water partition coefficient (Wildman–Crippen LogP) is 5.17. The standard InChI is InChI=1S/C30H44N2O7/c1-3-5-15-31-27-11-7-25(8-12-27)29(33)38-23-21-36-19-17-35-18-20-37-22-24-39-30(34)26-9-13-28(14-10-26)32-16-6-4-2/h7-14,31-32H,3-6,15-24H2,1-2H3. The lowest BCUT2D eigenvalue weighted by molar-refractivity contribution is -0.00674. The average Bonchev–Trinajstić information content (AvgIpc) is 2.96. The Balaban J connectivity index is 1.39. The minimum atomic E-state index is -0.370. The fourth-order valence-electron chi connectivity index (χ4n) is 3.36. The summed E-state index contributed by atoms with van der Waals surface area (Å²) in [6.07, 6.45) is 4.48. The largest absolute Gasteiger partial charge is 0.460 e. The summed E-state index contributed by atoms with van der Waals surface area (Å²) in [5, 5.41) is 6.62. The Labute approximate surface area is 232 Å². The van der Waals surface area contributed by atoms with Crippen molar-refractivity contribution in [3.8, 4) is 0 Å². The van der Waals surface area contributed by atoms with Crippen LogP contribution in [0.3, 0.4) is 0 Å². The van der Waals surface area contributed by atoms with E-state index in [9.17, 15) is 9.59 Å². The first-order valence-electron chi connectivity index (χ1n) is 13.9. The van der Waals surface area contributed by atoms with Gasteiger partial charge in [-0.1, -0.05) is 26.7 Å². The number of ether oxygens (including phenoxy) is 5. The molecule has 2 aromatic carbocycles. The van der Waals surface area contributed by atoms with E-state index in [0.717, 1.165) is 50.1 Å². The van der Waals surface area contributed by atoms with Crippen LogP contribution < -0.4 is 10.6 Å². The van der Waals surface area contributed by atoms with Gasteiger partial charge >= 0.3 is 11.9 Å². The zero-order valence-electron chi connectivity index (χ0n) is 23.4. The van der Waals surface area contributed by atoms with Crippen molar-refractivity contribution in [3.63, 3.8) is 0 Å². The Morgan fingerprint density at radius 3 is 1.21 bits per heavy atom. The molecule has 0 heterocycles. The topological polar surface area (TPSA) is 104 Å². The summed E-state index contributed by atoms with van der Waals surface area (Å²) in [6.45, 7) is 8.66. The highest BCUT2D eigenvalue weighted by molar-refractivity contribution is 5.90. The van der Waals surface area contributed by atoms with Crippen molar-refractivity contribution in [2.75, 3.05) is 76.6 Å². The van der Waals surface area contributed by atoms with Crippen LogP contribution in [0.1, 0.15) is 60.2 Å². The average molecular weight is 545 g/mol. The second-order valence-corrected chi connectivity index (χ2v) is 8.82. The van der Waals surface area contributed by atoms with Gasteiger partial charge in [0.05, 0.1) is 50.8 Å². The van der Waals surface area contributed by atoms with Crippen molar-refractivity contribution in [1.29, 1.82) is 0 Å². The van der Waals surface area contributed by atoms with Gasteiger partial charge in [0.15, 0.2) is 0 Å². The fourth-order valence-corrected chi connectivity index (χ4v) is 3.36. The summed E-state index contributed by atoms with van der Waals surface area (Å²) in [5.74, 6) is -0.739. The van der Waals surface area contributed by atoms with Gasteiger partial charge in [0.2, 0.25) is 0 Å². The lowest BCUT2D eigenvalue weighted by Crippen LogP contribution is -2.15. The number of hydrogen-bond acceptors (Lipinski definition) is 9. The van der Waals surface area contributed by atoms with E-state index in [1.807, 2.05) is 24.3 Å². The fraction of sp³-hybridized carbons (Fsp3) is 0.533. The molecule has 0 radical (unpaired) electrons. The van der Waals surface area contributed by atoms with Crippen LogP contribution in [0.4, 0.5) is 11.4 Å². The highest BCUT2D eigenvalue weighted by Gasteiger charge is 2.08. The molecule has 0 bridgehead atoms. The van der Waals surface area contributed by atoms with Gasteiger partial charge in [0.1, 0.15) is 13.2 Å². The smallest absolute Gasteiger partial charge is 0.338 e. The van der Waals surface area contributed by atoms with E-state index in [4.69, 9.17) is 23.7 Å². The highest BCUT2D eigenvalue weighted by Crippen LogP contribution is 2.12.